The van der Waals surface area contributed by atoms with E-state index in [0.29, 0.717) is 12.0 Å². The summed E-state index contributed by atoms with van der Waals surface area (Å²) in [6.07, 6.45) is 3.55. The standard InChI is InChI=1S/C14H20NO4P/c1-3-18-20(17,19-4-2)14(11-8-12-15(14)16)13-9-6-5-7-10-13/h5-10,12,15H,3-4,11H2,1-2H3. The second kappa shape index (κ2) is 6.20. The Hall–Kier alpha value is -0.970. The SMILES string of the molecule is CCOP(=O)(OCC)C1(c2ccccc2)CC=C[NH+]1[O-]. The topological polar surface area (TPSA) is 63.0 Å². The van der Waals surface area contributed by atoms with Crippen LogP contribution in [0.3, 0.4) is 0 Å². The van der Waals surface area contributed by atoms with Gasteiger partial charge in [0.15, 0.2) is 0 Å². The van der Waals surface area contributed by atoms with E-state index in [-0.39, 0.29) is 18.3 Å². The van der Waals surface area contributed by atoms with E-state index in [9.17, 15) is 9.77 Å². The molecule has 1 aliphatic rings. The average molecular weight is 297 g/mol. The number of hydrogen-bond donors (Lipinski definition) is 1. The number of rotatable bonds is 6. The van der Waals surface area contributed by atoms with E-state index in [1.54, 1.807) is 32.1 Å². The zero-order valence-corrected chi connectivity index (χ0v) is 12.6. The summed E-state index contributed by atoms with van der Waals surface area (Å²) in [5.74, 6) is 0. The highest BCUT2D eigenvalue weighted by molar-refractivity contribution is 7.54. The van der Waals surface area contributed by atoms with Gasteiger partial charge in [-0.15, -0.1) is 0 Å². The van der Waals surface area contributed by atoms with Crippen molar-refractivity contribution in [2.75, 3.05) is 13.2 Å². The van der Waals surface area contributed by atoms with Crippen LogP contribution in [0.5, 0.6) is 0 Å². The van der Waals surface area contributed by atoms with E-state index in [4.69, 9.17) is 9.05 Å². The lowest BCUT2D eigenvalue weighted by atomic mass is 10.0. The third-order valence-electron chi connectivity index (χ3n) is 3.41. The molecule has 0 fully saturated rings. The van der Waals surface area contributed by atoms with Crippen molar-refractivity contribution in [3.8, 4) is 0 Å². The molecular formula is C14H20NO4P. The van der Waals surface area contributed by atoms with Crippen LogP contribution in [0.4, 0.5) is 0 Å². The molecule has 1 aromatic rings. The molecule has 0 spiro atoms. The summed E-state index contributed by atoms with van der Waals surface area (Å²) in [5, 5.41) is 11.0. The second-order valence-electron chi connectivity index (χ2n) is 4.53. The van der Waals surface area contributed by atoms with E-state index in [2.05, 4.69) is 0 Å². The molecule has 0 aromatic heterocycles. The van der Waals surface area contributed by atoms with Gasteiger partial charge >= 0.3 is 7.60 Å². The smallest absolute Gasteiger partial charge is 0.396 e. The molecule has 5 nitrogen and oxygen atoms in total. The lowest BCUT2D eigenvalue weighted by molar-refractivity contribution is -0.838. The predicted molar refractivity (Wildman–Crippen MR) is 77.1 cm³/mol. The Morgan fingerprint density at radius 3 is 2.30 bits per heavy atom. The van der Waals surface area contributed by atoms with Crippen LogP contribution in [0, 0.1) is 5.21 Å². The summed E-state index contributed by atoms with van der Waals surface area (Å²) < 4.78 is 24.2. The lowest BCUT2D eigenvalue weighted by Gasteiger charge is -2.41. The fourth-order valence-corrected chi connectivity index (χ4v) is 4.89. The first-order valence-electron chi connectivity index (χ1n) is 6.76. The lowest BCUT2D eigenvalue weighted by Crippen LogP contribution is -3.08. The summed E-state index contributed by atoms with van der Waals surface area (Å²) in [7, 11) is -3.59. The summed E-state index contributed by atoms with van der Waals surface area (Å²) in [5.41, 5.74) is 0.681. The van der Waals surface area contributed by atoms with Crippen LogP contribution in [0.1, 0.15) is 25.8 Å². The molecule has 1 aliphatic heterocycles. The Bertz CT molecular complexity index is 509. The molecule has 0 bridgehead atoms. The third-order valence-corrected chi connectivity index (χ3v) is 6.20. The maximum atomic E-state index is 13.2. The molecule has 0 saturated heterocycles. The highest BCUT2D eigenvalue weighted by Gasteiger charge is 2.59. The maximum Gasteiger partial charge on any atom is 0.396 e. The molecule has 1 aromatic carbocycles. The second-order valence-corrected chi connectivity index (χ2v) is 6.80. The first kappa shape index (κ1) is 15.4. The minimum Gasteiger partial charge on any atom is -0.628 e. The molecule has 110 valence electrons. The molecule has 6 heteroatoms. The van der Waals surface area contributed by atoms with Gasteiger partial charge in [0.05, 0.1) is 19.4 Å². The highest BCUT2D eigenvalue weighted by Crippen LogP contribution is 2.64. The van der Waals surface area contributed by atoms with Gasteiger partial charge in [0.1, 0.15) is 0 Å². The number of quaternary nitrogens is 1. The first-order chi connectivity index (χ1) is 9.60. The Kier molecular flexibility index (Phi) is 4.78. The molecule has 2 unspecified atom stereocenters. The predicted octanol–water partition coefficient (Wildman–Crippen LogP) is 2.41. The van der Waals surface area contributed by atoms with E-state index in [0.717, 1.165) is 0 Å². The van der Waals surface area contributed by atoms with Gasteiger partial charge in [0, 0.05) is 12.0 Å². The van der Waals surface area contributed by atoms with Crippen LogP contribution in [0.15, 0.2) is 42.6 Å². The summed E-state index contributed by atoms with van der Waals surface area (Å²) >= 11 is 0. The maximum absolute atomic E-state index is 13.2. The molecule has 0 amide bonds. The molecule has 20 heavy (non-hydrogen) atoms. The molecule has 2 atom stereocenters. The van der Waals surface area contributed by atoms with Crippen molar-refractivity contribution >= 4 is 7.60 Å². The molecule has 0 radical (unpaired) electrons. The van der Waals surface area contributed by atoms with Gasteiger partial charge in [-0.25, -0.2) is 0 Å². The van der Waals surface area contributed by atoms with Crippen molar-refractivity contribution in [3.05, 3.63) is 53.4 Å². The fraction of sp³-hybridized carbons (Fsp3) is 0.429. The van der Waals surface area contributed by atoms with Crippen molar-refractivity contribution in [2.45, 2.75) is 25.5 Å². The molecule has 1 N–H and O–H groups in total. The van der Waals surface area contributed by atoms with Crippen molar-refractivity contribution in [1.29, 1.82) is 0 Å². The number of hydroxylamine groups is 2. The van der Waals surface area contributed by atoms with Gasteiger partial charge in [0.2, 0.25) is 5.28 Å². The van der Waals surface area contributed by atoms with Crippen LogP contribution in [-0.2, 0) is 18.9 Å². The molecule has 0 aliphatic carbocycles. The zero-order valence-electron chi connectivity index (χ0n) is 11.7. The molecule has 0 saturated carbocycles. The van der Waals surface area contributed by atoms with Crippen molar-refractivity contribution in [3.63, 3.8) is 0 Å². The van der Waals surface area contributed by atoms with Gasteiger partial charge in [-0.05, 0) is 19.9 Å². The Morgan fingerprint density at radius 2 is 1.85 bits per heavy atom. The van der Waals surface area contributed by atoms with Gasteiger partial charge in [-0.3, -0.25) is 4.57 Å². The van der Waals surface area contributed by atoms with Gasteiger partial charge in [-0.1, -0.05) is 30.3 Å². The summed E-state index contributed by atoms with van der Waals surface area (Å²) in [6.45, 7) is 3.97. The van der Waals surface area contributed by atoms with Crippen molar-refractivity contribution in [2.24, 2.45) is 0 Å². The zero-order chi connectivity index (χ0) is 14.6. The number of benzene rings is 1. The largest absolute Gasteiger partial charge is 0.628 e. The monoisotopic (exact) mass is 297 g/mol. The van der Waals surface area contributed by atoms with E-state index in [1.807, 2.05) is 18.2 Å². The number of nitrogens with one attached hydrogen (secondary N) is 1. The van der Waals surface area contributed by atoms with Gasteiger partial charge in [-0.2, -0.15) is 0 Å². The minimum absolute atomic E-state index is 0.214. The Balaban J connectivity index is 2.55. The Labute approximate surface area is 119 Å². The van der Waals surface area contributed by atoms with Crippen molar-refractivity contribution in [1.82, 2.24) is 0 Å². The fourth-order valence-electron chi connectivity index (χ4n) is 2.55. The molecule has 2 rings (SSSR count). The number of hydrogen-bond acceptors (Lipinski definition) is 4. The van der Waals surface area contributed by atoms with Gasteiger partial charge in [0.25, 0.3) is 0 Å². The van der Waals surface area contributed by atoms with Crippen molar-refractivity contribution < 1.29 is 18.7 Å². The van der Waals surface area contributed by atoms with Crippen LogP contribution < -0.4 is 5.06 Å². The van der Waals surface area contributed by atoms with Gasteiger partial charge < -0.3 is 19.3 Å². The van der Waals surface area contributed by atoms with E-state index >= 15 is 0 Å². The average Bonchev–Trinajstić information content (AvgIpc) is 2.83. The van der Waals surface area contributed by atoms with Crippen LogP contribution in [0.25, 0.3) is 0 Å². The quantitative estimate of drug-likeness (QED) is 0.647. The first-order valence-corrected chi connectivity index (χ1v) is 8.30. The molecular weight excluding hydrogens is 277 g/mol. The Morgan fingerprint density at radius 1 is 1.25 bits per heavy atom. The van der Waals surface area contributed by atoms with E-state index < -0.39 is 12.9 Å². The summed E-state index contributed by atoms with van der Waals surface area (Å²) in [4.78, 5) is 0. The van der Waals surface area contributed by atoms with E-state index in [1.165, 1.54) is 6.20 Å². The normalized spacial score (nSPS) is 26.1. The third kappa shape index (κ3) is 2.36. The summed E-state index contributed by atoms with van der Waals surface area (Å²) in [6, 6.07) is 9.11. The van der Waals surface area contributed by atoms with Crippen LogP contribution in [0.2, 0.25) is 0 Å². The minimum atomic E-state index is -3.59. The van der Waals surface area contributed by atoms with Crippen LogP contribution >= 0.6 is 7.60 Å². The van der Waals surface area contributed by atoms with Crippen LogP contribution in [-0.4, -0.2) is 13.2 Å². The highest BCUT2D eigenvalue weighted by atomic mass is 31.2. The molecule has 1 heterocycles.